The van der Waals surface area contributed by atoms with Gasteiger partial charge in [-0.2, -0.15) is 23.0 Å². The van der Waals surface area contributed by atoms with Crippen LogP contribution in [0.1, 0.15) is 34.6 Å². The summed E-state index contributed by atoms with van der Waals surface area (Å²) in [4.78, 5) is 17.1. The molecule has 0 saturated carbocycles. The minimum atomic E-state index is -4.79. The van der Waals surface area contributed by atoms with Crippen molar-refractivity contribution in [2.75, 3.05) is 0 Å². The molecular weight excluding hydrogens is 454 g/mol. The molecule has 11 heteroatoms. The minimum absolute atomic E-state index is 0.158. The van der Waals surface area contributed by atoms with E-state index in [0.29, 0.717) is 17.3 Å². The van der Waals surface area contributed by atoms with Crippen molar-refractivity contribution in [1.29, 1.82) is 0 Å². The van der Waals surface area contributed by atoms with Crippen molar-refractivity contribution < 1.29 is 27.1 Å². The largest absolute Gasteiger partial charge is 0.618 e. The van der Waals surface area contributed by atoms with Gasteiger partial charge < -0.3 is 10.5 Å². The molecule has 0 fully saturated rings. The zero-order valence-electron chi connectivity index (χ0n) is 17.6. The smallest absolute Gasteiger partial charge is 0.478 e. The predicted octanol–water partition coefficient (Wildman–Crippen LogP) is 4.22. The second kappa shape index (κ2) is 8.93. The molecule has 1 atom stereocenters. The van der Waals surface area contributed by atoms with E-state index in [4.69, 9.17) is 0 Å². The van der Waals surface area contributed by atoms with Crippen molar-refractivity contribution >= 4 is 5.91 Å². The zero-order chi connectivity index (χ0) is 24.5. The summed E-state index contributed by atoms with van der Waals surface area (Å²) in [6.07, 6.45) is -1.58. The lowest BCUT2D eigenvalue weighted by Gasteiger charge is -2.15. The van der Waals surface area contributed by atoms with E-state index in [9.17, 15) is 27.6 Å². The first-order valence-electron chi connectivity index (χ1n) is 10.0. The molecule has 4 aromatic rings. The van der Waals surface area contributed by atoms with Gasteiger partial charge in [-0.05, 0) is 25.1 Å². The first-order chi connectivity index (χ1) is 16.1. The Bertz CT molecular complexity index is 1320. The molecule has 0 spiro atoms. The first kappa shape index (κ1) is 22.9. The van der Waals surface area contributed by atoms with Crippen molar-refractivity contribution in [3.63, 3.8) is 0 Å². The van der Waals surface area contributed by atoms with E-state index >= 15 is 0 Å². The van der Waals surface area contributed by atoms with Crippen molar-refractivity contribution in [3.8, 4) is 17.1 Å². The van der Waals surface area contributed by atoms with E-state index in [-0.39, 0.29) is 21.7 Å². The molecule has 4 rings (SSSR count). The molecule has 0 aliphatic carbocycles. The van der Waals surface area contributed by atoms with Gasteiger partial charge in [0.15, 0.2) is 12.0 Å². The third kappa shape index (κ3) is 4.72. The zero-order valence-corrected chi connectivity index (χ0v) is 17.6. The Morgan fingerprint density at radius 2 is 1.85 bits per heavy atom. The number of hydrogen-bond acceptors (Lipinski definition) is 4. The number of carbonyl (C=O) groups excluding carboxylic acids is 1. The second-order valence-electron chi connectivity index (χ2n) is 7.40. The Morgan fingerprint density at radius 1 is 1.12 bits per heavy atom. The molecule has 1 aromatic carbocycles. The number of nitrogens with zero attached hydrogens (tertiary/aromatic N) is 4. The third-order valence-corrected chi connectivity index (χ3v) is 5.03. The summed E-state index contributed by atoms with van der Waals surface area (Å²) in [5.41, 5.74) is -0.0543. The summed E-state index contributed by atoms with van der Waals surface area (Å²) in [5, 5.41) is 18.9. The fourth-order valence-electron chi connectivity index (χ4n) is 3.30. The molecule has 34 heavy (non-hydrogen) atoms. The fourth-order valence-corrected chi connectivity index (χ4v) is 3.30. The van der Waals surface area contributed by atoms with Gasteiger partial charge in [-0.25, -0.2) is 14.1 Å². The van der Waals surface area contributed by atoms with Gasteiger partial charge in [0.1, 0.15) is 11.5 Å². The maximum atomic E-state index is 13.3. The molecule has 0 saturated heterocycles. The average Bonchev–Trinajstić information content (AvgIpc) is 3.25. The van der Waals surface area contributed by atoms with Crippen LogP contribution in [0.4, 0.5) is 17.6 Å². The van der Waals surface area contributed by atoms with Gasteiger partial charge in [0.25, 0.3) is 11.6 Å². The van der Waals surface area contributed by atoms with Crippen LogP contribution in [-0.2, 0) is 6.18 Å². The van der Waals surface area contributed by atoms with E-state index in [1.165, 1.54) is 29.9 Å². The van der Waals surface area contributed by atoms with Gasteiger partial charge in [-0.15, -0.1) is 0 Å². The number of amides is 1. The highest BCUT2D eigenvalue weighted by Crippen LogP contribution is 2.27. The topological polar surface area (TPSA) is 86.8 Å². The monoisotopic (exact) mass is 471 g/mol. The Morgan fingerprint density at radius 3 is 2.47 bits per heavy atom. The number of hydrogen-bond donors (Lipinski definition) is 1. The lowest BCUT2D eigenvalue weighted by molar-refractivity contribution is -0.629. The summed E-state index contributed by atoms with van der Waals surface area (Å²) in [6.45, 7) is 1.54. The highest BCUT2D eigenvalue weighted by atomic mass is 19.4. The van der Waals surface area contributed by atoms with Crippen LogP contribution < -0.4 is 10.0 Å². The number of halogens is 4. The van der Waals surface area contributed by atoms with Crippen LogP contribution in [-0.4, -0.2) is 20.7 Å². The van der Waals surface area contributed by atoms with Gasteiger partial charge in [-0.3, -0.25) is 4.79 Å². The van der Waals surface area contributed by atoms with Crippen LogP contribution in [0, 0.1) is 11.0 Å². The Balaban J connectivity index is 1.66. The first-order valence-corrected chi connectivity index (χ1v) is 10.0. The predicted molar refractivity (Wildman–Crippen MR) is 113 cm³/mol. The molecule has 1 amide bonds. The van der Waals surface area contributed by atoms with Gasteiger partial charge in [0.05, 0.1) is 17.8 Å². The summed E-state index contributed by atoms with van der Waals surface area (Å²) < 4.78 is 52.9. The maximum Gasteiger partial charge on any atom is 0.478 e. The van der Waals surface area contributed by atoms with Crippen LogP contribution >= 0.6 is 0 Å². The van der Waals surface area contributed by atoms with Gasteiger partial charge in [0.2, 0.25) is 0 Å². The molecule has 3 heterocycles. The molecule has 0 aliphatic rings. The lowest BCUT2D eigenvalue weighted by Crippen LogP contribution is -2.38. The average molecular weight is 471 g/mol. The Kier molecular flexibility index (Phi) is 6.01. The number of nitrogens with one attached hydrogen (secondary N) is 1. The molecular formula is C23H17F4N5O2. The molecule has 0 bridgehead atoms. The van der Waals surface area contributed by atoms with E-state index in [1.54, 1.807) is 30.3 Å². The molecule has 0 unspecified atom stereocenters. The number of pyridine rings is 2. The fraction of sp³-hybridized carbons (Fsp3) is 0.130. The molecule has 174 valence electrons. The van der Waals surface area contributed by atoms with Gasteiger partial charge in [-0.1, -0.05) is 30.3 Å². The number of benzene rings is 1. The van der Waals surface area contributed by atoms with Crippen LogP contribution in [0.2, 0.25) is 0 Å². The minimum Gasteiger partial charge on any atom is -0.618 e. The molecule has 3 aromatic heterocycles. The number of carbonyl (C=O) groups is 1. The SMILES string of the molecule is C[C@@H](NC(=O)c1cn(-c2ccc(F)cn2)nc1-c1ccccc1)c1ccc(C(F)(F)F)[n+]([O-])c1. The summed E-state index contributed by atoms with van der Waals surface area (Å²) in [6, 6.07) is 12.5. The summed E-state index contributed by atoms with van der Waals surface area (Å²) in [5.74, 6) is -0.823. The van der Waals surface area contributed by atoms with Crippen molar-refractivity contribution in [3.05, 3.63) is 101 Å². The van der Waals surface area contributed by atoms with Crippen molar-refractivity contribution in [2.24, 2.45) is 0 Å². The normalized spacial score (nSPS) is 12.4. The Labute approximate surface area is 190 Å². The third-order valence-electron chi connectivity index (χ3n) is 5.03. The second-order valence-corrected chi connectivity index (χ2v) is 7.40. The van der Waals surface area contributed by atoms with E-state index < -0.39 is 29.6 Å². The number of aromatic nitrogens is 4. The highest BCUT2D eigenvalue weighted by Gasteiger charge is 2.39. The van der Waals surface area contributed by atoms with Gasteiger partial charge in [0, 0.05) is 23.4 Å². The molecule has 7 nitrogen and oxygen atoms in total. The number of alkyl halides is 3. The van der Waals surface area contributed by atoms with Gasteiger partial charge >= 0.3 is 6.18 Å². The summed E-state index contributed by atoms with van der Waals surface area (Å²) in [7, 11) is 0. The summed E-state index contributed by atoms with van der Waals surface area (Å²) >= 11 is 0. The maximum absolute atomic E-state index is 13.3. The lowest BCUT2D eigenvalue weighted by atomic mass is 10.1. The highest BCUT2D eigenvalue weighted by molar-refractivity contribution is 6.00. The van der Waals surface area contributed by atoms with Crippen LogP contribution in [0.25, 0.3) is 17.1 Å². The van der Waals surface area contributed by atoms with E-state index in [2.05, 4.69) is 15.4 Å². The van der Waals surface area contributed by atoms with Crippen LogP contribution in [0.3, 0.4) is 0 Å². The standard InChI is InChI=1S/C23H17F4N5O2/c1-14(16-7-9-19(23(25,26)27)32(34)12-16)29-22(33)18-13-31(20-10-8-17(24)11-28-20)30-21(18)15-5-3-2-4-6-15/h2-14H,1H3,(H,29,33)/t14-/m1/s1. The van der Waals surface area contributed by atoms with E-state index in [1.807, 2.05) is 0 Å². The van der Waals surface area contributed by atoms with Crippen LogP contribution in [0.5, 0.6) is 0 Å². The quantitative estimate of drug-likeness (QED) is 0.268. The number of rotatable bonds is 5. The molecule has 1 N–H and O–H groups in total. The van der Waals surface area contributed by atoms with Crippen LogP contribution in [0.15, 0.2) is 73.2 Å². The van der Waals surface area contributed by atoms with E-state index in [0.717, 1.165) is 18.5 Å². The Hall–Kier alpha value is -4.28. The van der Waals surface area contributed by atoms with Crippen molar-refractivity contribution in [2.45, 2.75) is 19.1 Å². The van der Waals surface area contributed by atoms with Crippen molar-refractivity contribution in [1.82, 2.24) is 20.1 Å². The molecule has 0 radical (unpaired) electrons. The molecule has 0 aliphatic heterocycles.